The lowest BCUT2D eigenvalue weighted by Crippen LogP contribution is -2.39. The lowest BCUT2D eigenvalue weighted by molar-refractivity contribution is -0.142. The van der Waals surface area contributed by atoms with Crippen LogP contribution in [0.25, 0.3) is 0 Å². The third kappa shape index (κ3) is 4.19. The Morgan fingerprint density at radius 2 is 2.05 bits per heavy atom. The molecule has 0 radical (unpaired) electrons. The molecule has 1 aromatic rings. The Kier molecular flexibility index (Phi) is 5.74. The van der Waals surface area contributed by atoms with Crippen LogP contribution in [0.5, 0.6) is 0 Å². The first-order chi connectivity index (χ1) is 10.6. The van der Waals surface area contributed by atoms with E-state index < -0.39 is 12.2 Å². The molecule has 120 valence electrons. The molecule has 1 unspecified atom stereocenters. The van der Waals surface area contributed by atoms with Gasteiger partial charge in [0.2, 0.25) is 0 Å². The largest absolute Gasteiger partial charge is 0.449 e. The minimum absolute atomic E-state index is 0.244. The Hall–Kier alpha value is -2.12. The summed E-state index contributed by atoms with van der Waals surface area (Å²) in [5, 5.41) is 2.75. The van der Waals surface area contributed by atoms with Crippen molar-refractivity contribution in [1.29, 1.82) is 0 Å². The molecule has 1 heterocycles. The van der Waals surface area contributed by atoms with Crippen molar-refractivity contribution < 1.29 is 23.8 Å². The van der Waals surface area contributed by atoms with Gasteiger partial charge in [0.25, 0.3) is 5.91 Å². The number of carbonyl (C=O) groups excluding carboxylic acids is 2. The van der Waals surface area contributed by atoms with Gasteiger partial charge >= 0.3 is 6.09 Å². The van der Waals surface area contributed by atoms with Gasteiger partial charge in [-0.15, -0.1) is 0 Å². The van der Waals surface area contributed by atoms with Gasteiger partial charge in [-0.25, -0.2) is 4.79 Å². The topological polar surface area (TPSA) is 77.1 Å². The van der Waals surface area contributed by atoms with Crippen LogP contribution in [0.4, 0.5) is 16.2 Å². The van der Waals surface area contributed by atoms with Crippen LogP contribution in [0.2, 0.25) is 0 Å². The molecule has 1 fully saturated rings. The van der Waals surface area contributed by atoms with Crippen molar-refractivity contribution in [1.82, 2.24) is 0 Å². The van der Waals surface area contributed by atoms with Gasteiger partial charge < -0.3 is 19.5 Å². The van der Waals surface area contributed by atoms with Crippen molar-refractivity contribution >= 4 is 23.4 Å². The minimum atomic E-state index is -0.587. The number of ether oxygens (including phenoxy) is 3. The second-order valence-electron chi connectivity index (χ2n) is 4.73. The number of nitrogens with zero attached hydrogens (tertiary/aromatic N) is 1. The third-order valence-corrected chi connectivity index (χ3v) is 3.17. The summed E-state index contributed by atoms with van der Waals surface area (Å²) in [6.45, 7) is 3.26. The van der Waals surface area contributed by atoms with Crippen molar-refractivity contribution in [3.8, 4) is 0 Å². The summed E-state index contributed by atoms with van der Waals surface area (Å²) in [4.78, 5) is 25.0. The molecule has 0 saturated carbocycles. The number of nitrogens with one attached hydrogen (secondary N) is 1. The Labute approximate surface area is 129 Å². The molecule has 2 rings (SSSR count). The standard InChI is InChI=1S/C15H20N2O5/c1-3-21-15(19)17(2)12-6-4-11(5-7-12)16-14(18)13-10-20-8-9-22-13/h4-7,13H,3,8-10H2,1-2H3,(H,16,18). The van der Waals surface area contributed by atoms with Gasteiger partial charge in [0.15, 0.2) is 6.10 Å². The van der Waals surface area contributed by atoms with E-state index in [1.54, 1.807) is 38.2 Å². The van der Waals surface area contributed by atoms with E-state index in [0.29, 0.717) is 31.2 Å². The quantitative estimate of drug-likeness (QED) is 0.915. The normalized spacial score (nSPS) is 17.6. The highest BCUT2D eigenvalue weighted by Crippen LogP contribution is 2.18. The molecule has 2 amide bonds. The fourth-order valence-electron chi connectivity index (χ4n) is 1.96. The summed E-state index contributed by atoms with van der Waals surface area (Å²) in [5.41, 5.74) is 1.30. The monoisotopic (exact) mass is 308 g/mol. The first-order valence-electron chi connectivity index (χ1n) is 7.12. The van der Waals surface area contributed by atoms with Crippen LogP contribution in [0.1, 0.15) is 6.92 Å². The molecule has 1 aliphatic rings. The van der Waals surface area contributed by atoms with E-state index in [2.05, 4.69) is 5.32 Å². The molecule has 1 aliphatic heterocycles. The molecule has 0 bridgehead atoms. The van der Waals surface area contributed by atoms with E-state index >= 15 is 0 Å². The van der Waals surface area contributed by atoms with Crippen molar-refractivity contribution in [2.24, 2.45) is 0 Å². The Morgan fingerprint density at radius 3 is 2.64 bits per heavy atom. The second-order valence-corrected chi connectivity index (χ2v) is 4.73. The van der Waals surface area contributed by atoms with Crippen molar-refractivity contribution in [3.05, 3.63) is 24.3 Å². The third-order valence-electron chi connectivity index (χ3n) is 3.17. The highest BCUT2D eigenvalue weighted by molar-refractivity contribution is 5.95. The van der Waals surface area contributed by atoms with E-state index in [-0.39, 0.29) is 12.5 Å². The summed E-state index contributed by atoms with van der Waals surface area (Å²) in [7, 11) is 1.62. The zero-order valence-corrected chi connectivity index (χ0v) is 12.7. The first-order valence-corrected chi connectivity index (χ1v) is 7.12. The maximum atomic E-state index is 12.0. The fourth-order valence-corrected chi connectivity index (χ4v) is 1.96. The zero-order chi connectivity index (χ0) is 15.9. The summed E-state index contributed by atoms with van der Waals surface area (Å²) < 4.78 is 15.4. The van der Waals surface area contributed by atoms with E-state index in [4.69, 9.17) is 14.2 Å². The molecule has 0 aliphatic carbocycles. The van der Waals surface area contributed by atoms with Crippen LogP contribution in [-0.2, 0) is 19.0 Å². The number of amides is 2. The van der Waals surface area contributed by atoms with Crippen LogP contribution >= 0.6 is 0 Å². The predicted octanol–water partition coefficient (Wildman–Crippen LogP) is 1.63. The second kappa shape index (κ2) is 7.77. The van der Waals surface area contributed by atoms with E-state index in [1.165, 1.54) is 4.90 Å². The average molecular weight is 308 g/mol. The molecule has 1 N–H and O–H groups in total. The minimum Gasteiger partial charge on any atom is -0.449 e. The number of hydrogen-bond acceptors (Lipinski definition) is 5. The van der Waals surface area contributed by atoms with Crippen molar-refractivity contribution in [2.45, 2.75) is 13.0 Å². The molecule has 1 atom stereocenters. The molecule has 1 aromatic carbocycles. The van der Waals surface area contributed by atoms with Gasteiger partial charge in [-0.3, -0.25) is 9.69 Å². The first kappa shape index (κ1) is 16.3. The molecule has 22 heavy (non-hydrogen) atoms. The van der Waals surface area contributed by atoms with Gasteiger partial charge in [0.05, 0.1) is 26.4 Å². The van der Waals surface area contributed by atoms with Crippen molar-refractivity contribution in [2.75, 3.05) is 43.7 Å². The van der Waals surface area contributed by atoms with Gasteiger partial charge in [0, 0.05) is 18.4 Å². The summed E-state index contributed by atoms with van der Waals surface area (Å²) in [6, 6.07) is 6.88. The predicted molar refractivity (Wildman–Crippen MR) is 81.1 cm³/mol. The van der Waals surface area contributed by atoms with Gasteiger partial charge in [-0.2, -0.15) is 0 Å². The van der Waals surface area contributed by atoms with Crippen LogP contribution < -0.4 is 10.2 Å². The SMILES string of the molecule is CCOC(=O)N(C)c1ccc(NC(=O)C2COCCO2)cc1. The Morgan fingerprint density at radius 1 is 1.32 bits per heavy atom. The van der Waals surface area contributed by atoms with E-state index in [0.717, 1.165) is 0 Å². The maximum absolute atomic E-state index is 12.0. The molecular formula is C15H20N2O5. The zero-order valence-electron chi connectivity index (χ0n) is 12.7. The molecule has 0 spiro atoms. The van der Waals surface area contributed by atoms with Gasteiger partial charge in [-0.05, 0) is 31.2 Å². The summed E-state index contributed by atoms with van der Waals surface area (Å²) >= 11 is 0. The van der Waals surface area contributed by atoms with Gasteiger partial charge in [-0.1, -0.05) is 0 Å². The van der Waals surface area contributed by atoms with Gasteiger partial charge in [0.1, 0.15) is 0 Å². The number of rotatable bonds is 4. The lowest BCUT2D eigenvalue weighted by atomic mass is 10.2. The van der Waals surface area contributed by atoms with Crippen LogP contribution in [0.3, 0.4) is 0 Å². The lowest BCUT2D eigenvalue weighted by Gasteiger charge is -2.22. The highest BCUT2D eigenvalue weighted by atomic mass is 16.6. The molecule has 7 nitrogen and oxygen atoms in total. The molecule has 7 heteroatoms. The molecule has 1 saturated heterocycles. The van der Waals surface area contributed by atoms with E-state index in [1.807, 2.05) is 0 Å². The smallest absolute Gasteiger partial charge is 0.413 e. The average Bonchev–Trinajstić information content (AvgIpc) is 2.56. The van der Waals surface area contributed by atoms with Crippen LogP contribution in [-0.4, -0.2) is 51.6 Å². The maximum Gasteiger partial charge on any atom is 0.413 e. The van der Waals surface area contributed by atoms with Crippen LogP contribution in [0, 0.1) is 0 Å². The summed E-state index contributed by atoms with van der Waals surface area (Å²) in [5.74, 6) is -0.244. The molecule has 0 aromatic heterocycles. The highest BCUT2D eigenvalue weighted by Gasteiger charge is 2.22. The number of benzene rings is 1. The Balaban J connectivity index is 1.93. The summed E-state index contributed by atoms with van der Waals surface area (Å²) in [6.07, 6.45) is -1.01. The fraction of sp³-hybridized carbons (Fsp3) is 0.467. The Bertz CT molecular complexity index is 511. The number of carbonyl (C=O) groups is 2. The van der Waals surface area contributed by atoms with E-state index in [9.17, 15) is 9.59 Å². The molecular weight excluding hydrogens is 288 g/mol. The van der Waals surface area contributed by atoms with Crippen molar-refractivity contribution in [3.63, 3.8) is 0 Å². The number of anilines is 2. The van der Waals surface area contributed by atoms with Crippen LogP contribution in [0.15, 0.2) is 24.3 Å². The number of hydrogen-bond donors (Lipinski definition) is 1.